The number of nitrogens with zero attached hydrogens (tertiary/aromatic N) is 1. The maximum atomic E-state index is 11.9. The molecule has 8 heteroatoms. The Bertz CT molecular complexity index is 212. The molecule has 0 aliphatic carbocycles. The fraction of sp³-hybridized carbons (Fsp3) is 0.889. The summed E-state index contributed by atoms with van der Waals surface area (Å²) in [5.41, 5.74) is 0. The monoisotopic (exact) mass is 385 g/mol. The molecule has 0 fully saturated rings. The molecule has 2 N–H and O–H groups in total. The number of alkyl halides is 3. The van der Waals surface area contributed by atoms with Crippen LogP contribution in [-0.2, 0) is 0 Å². The van der Waals surface area contributed by atoms with Gasteiger partial charge >= 0.3 is 6.18 Å². The highest BCUT2D eigenvalue weighted by molar-refractivity contribution is 14.0. The van der Waals surface area contributed by atoms with Crippen LogP contribution in [0.2, 0.25) is 0 Å². The summed E-state index contributed by atoms with van der Waals surface area (Å²) in [7, 11) is 1.54. The molecule has 17 heavy (non-hydrogen) atoms. The van der Waals surface area contributed by atoms with Crippen molar-refractivity contribution in [3.8, 4) is 0 Å². The summed E-state index contributed by atoms with van der Waals surface area (Å²) in [6.07, 6.45) is -2.00. The Balaban J connectivity index is 0. The lowest BCUT2D eigenvalue weighted by molar-refractivity contribution is -0.132. The summed E-state index contributed by atoms with van der Waals surface area (Å²) in [6.45, 7) is 0.568. The number of thioether (sulfide) groups is 1. The Hall–Kier alpha value is 0.140. The Morgan fingerprint density at radius 2 is 1.82 bits per heavy atom. The molecule has 0 radical (unpaired) electrons. The van der Waals surface area contributed by atoms with Crippen LogP contribution in [0.1, 0.15) is 12.8 Å². The molecule has 104 valence electrons. The lowest BCUT2D eigenvalue weighted by Gasteiger charge is -2.12. The van der Waals surface area contributed by atoms with Crippen molar-refractivity contribution in [3.63, 3.8) is 0 Å². The highest BCUT2D eigenvalue weighted by atomic mass is 127. The average molecular weight is 385 g/mol. The van der Waals surface area contributed by atoms with E-state index in [0.29, 0.717) is 12.5 Å². The molecule has 0 aromatic carbocycles. The van der Waals surface area contributed by atoms with Gasteiger partial charge in [0.25, 0.3) is 0 Å². The van der Waals surface area contributed by atoms with Crippen molar-refractivity contribution in [1.82, 2.24) is 10.6 Å². The third-order valence-electron chi connectivity index (χ3n) is 1.74. The predicted octanol–water partition coefficient (Wildman–Crippen LogP) is 2.47. The van der Waals surface area contributed by atoms with E-state index < -0.39 is 12.6 Å². The van der Waals surface area contributed by atoms with Crippen LogP contribution >= 0.6 is 35.7 Å². The molecule has 0 saturated heterocycles. The molecule has 0 aromatic heterocycles. The van der Waals surface area contributed by atoms with Crippen molar-refractivity contribution < 1.29 is 13.2 Å². The quantitative estimate of drug-likeness (QED) is 0.319. The lowest BCUT2D eigenvalue weighted by Crippen LogP contribution is -2.39. The van der Waals surface area contributed by atoms with Gasteiger partial charge in [-0.2, -0.15) is 24.9 Å². The topological polar surface area (TPSA) is 36.4 Å². The summed E-state index contributed by atoms with van der Waals surface area (Å²) in [4.78, 5) is 3.83. The number of hydrogen-bond acceptors (Lipinski definition) is 2. The fourth-order valence-corrected chi connectivity index (χ4v) is 1.40. The molecule has 0 amide bonds. The van der Waals surface area contributed by atoms with Gasteiger partial charge in [-0.1, -0.05) is 0 Å². The van der Waals surface area contributed by atoms with Gasteiger partial charge in [0.15, 0.2) is 5.96 Å². The van der Waals surface area contributed by atoms with Crippen molar-refractivity contribution in [2.75, 3.05) is 32.1 Å². The molecule has 0 rings (SSSR count). The molecule has 0 bridgehead atoms. The van der Waals surface area contributed by atoms with E-state index in [-0.39, 0.29) is 30.5 Å². The third kappa shape index (κ3) is 14.1. The Kier molecular flexibility index (Phi) is 12.9. The third-order valence-corrected chi connectivity index (χ3v) is 2.44. The van der Waals surface area contributed by atoms with E-state index in [0.717, 1.165) is 12.2 Å². The van der Waals surface area contributed by atoms with E-state index >= 15 is 0 Å². The van der Waals surface area contributed by atoms with Crippen LogP contribution in [-0.4, -0.2) is 44.3 Å². The minimum atomic E-state index is -4.12. The van der Waals surface area contributed by atoms with E-state index in [4.69, 9.17) is 0 Å². The highest BCUT2D eigenvalue weighted by Gasteiger charge is 2.26. The van der Waals surface area contributed by atoms with Gasteiger partial charge in [-0.15, -0.1) is 24.0 Å². The van der Waals surface area contributed by atoms with Crippen LogP contribution in [0.25, 0.3) is 0 Å². The Morgan fingerprint density at radius 1 is 1.24 bits per heavy atom. The smallest absolute Gasteiger partial charge is 0.356 e. The van der Waals surface area contributed by atoms with Gasteiger partial charge in [-0.25, -0.2) is 0 Å². The molecule has 0 spiro atoms. The summed E-state index contributed by atoms with van der Waals surface area (Å²) in [5, 5.41) is 5.56. The van der Waals surface area contributed by atoms with Crippen LogP contribution < -0.4 is 10.6 Å². The second-order valence-corrected chi connectivity index (χ2v) is 4.12. The van der Waals surface area contributed by atoms with Crippen molar-refractivity contribution in [2.24, 2.45) is 4.99 Å². The van der Waals surface area contributed by atoms with Gasteiger partial charge in [0.1, 0.15) is 0 Å². The lowest BCUT2D eigenvalue weighted by atomic mass is 10.4. The molecule has 0 aliphatic heterocycles. The SMILES string of the molecule is CN=C(NCCCSC)NCCC(F)(F)F.I. The van der Waals surface area contributed by atoms with Crippen LogP contribution in [0.5, 0.6) is 0 Å². The van der Waals surface area contributed by atoms with Crippen molar-refractivity contribution >= 4 is 41.7 Å². The minimum Gasteiger partial charge on any atom is -0.356 e. The van der Waals surface area contributed by atoms with E-state index in [2.05, 4.69) is 15.6 Å². The molecular formula is C9H19F3IN3S. The molecule has 0 heterocycles. The largest absolute Gasteiger partial charge is 0.390 e. The van der Waals surface area contributed by atoms with Crippen LogP contribution in [0, 0.1) is 0 Å². The summed E-state index contributed by atoms with van der Waals surface area (Å²) in [6, 6.07) is 0. The maximum Gasteiger partial charge on any atom is 0.390 e. The molecule has 0 aromatic rings. The second-order valence-electron chi connectivity index (χ2n) is 3.14. The van der Waals surface area contributed by atoms with Crippen LogP contribution in [0.15, 0.2) is 4.99 Å². The number of guanidine groups is 1. The van der Waals surface area contributed by atoms with Gasteiger partial charge in [-0.05, 0) is 18.4 Å². The van der Waals surface area contributed by atoms with Crippen LogP contribution in [0.3, 0.4) is 0 Å². The first kappa shape index (κ1) is 19.5. The number of halogens is 4. The van der Waals surface area contributed by atoms with E-state index in [9.17, 15) is 13.2 Å². The number of rotatable bonds is 6. The summed E-state index contributed by atoms with van der Waals surface area (Å²) in [5.74, 6) is 1.44. The maximum absolute atomic E-state index is 11.9. The first-order valence-corrected chi connectivity index (χ1v) is 6.39. The minimum absolute atomic E-state index is 0. The van der Waals surface area contributed by atoms with E-state index in [1.807, 2.05) is 6.26 Å². The Labute approximate surface area is 121 Å². The molecule has 0 aliphatic rings. The first-order chi connectivity index (χ1) is 7.49. The second kappa shape index (κ2) is 11.2. The van der Waals surface area contributed by atoms with Gasteiger partial charge in [-0.3, -0.25) is 4.99 Å². The van der Waals surface area contributed by atoms with Gasteiger partial charge in [0.2, 0.25) is 0 Å². The zero-order chi connectivity index (χ0) is 12.4. The number of nitrogens with one attached hydrogen (secondary N) is 2. The molecule has 3 nitrogen and oxygen atoms in total. The highest BCUT2D eigenvalue weighted by Crippen LogP contribution is 2.17. The molecule has 0 atom stereocenters. The fourth-order valence-electron chi connectivity index (χ4n) is 0.967. The van der Waals surface area contributed by atoms with Gasteiger partial charge in [0, 0.05) is 20.1 Å². The summed E-state index contributed by atoms with van der Waals surface area (Å²) >= 11 is 1.73. The predicted molar refractivity (Wildman–Crippen MR) is 78.5 cm³/mol. The zero-order valence-electron chi connectivity index (χ0n) is 9.93. The Morgan fingerprint density at radius 3 is 2.29 bits per heavy atom. The van der Waals surface area contributed by atoms with Gasteiger partial charge in [0.05, 0.1) is 6.42 Å². The molecule has 0 unspecified atom stereocenters. The average Bonchev–Trinajstić information content (AvgIpc) is 2.20. The summed E-state index contributed by atoms with van der Waals surface area (Å²) < 4.78 is 35.6. The first-order valence-electron chi connectivity index (χ1n) is 5.00. The molecular weight excluding hydrogens is 366 g/mol. The normalized spacial score (nSPS) is 11.9. The van der Waals surface area contributed by atoms with Gasteiger partial charge < -0.3 is 10.6 Å². The van der Waals surface area contributed by atoms with E-state index in [1.165, 1.54) is 7.05 Å². The molecule has 0 saturated carbocycles. The number of aliphatic imine (C=N–C) groups is 1. The van der Waals surface area contributed by atoms with Crippen molar-refractivity contribution in [1.29, 1.82) is 0 Å². The van der Waals surface area contributed by atoms with Crippen molar-refractivity contribution in [2.45, 2.75) is 19.0 Å². The standard InChI is InChI=1S/C9H18F3N3S.HI/c1-13-8(14-5-3-7-16-2)15-6-4-9(10,11)12;/h3-7H2,1-2H3,(H2,13,14,15);1H. The van der Waals surface area contributed by atoms with E-state index in [1.54, 1.807) is 11.8 Å². The zero-order valence-corrected chi connectivity index (χ0v) is 13.1. The number of hydrogen-bond donors (Lipinski definition) is 2. The van der Waals surface area contributed by atoms with Crippen molar-refractivity contribution in [3.05, 3.63) is 0 Å². The van der Waals surface area contributed by atoms with Crippen LogP contribution in [0.4, 0.5) is 13.2 Å².